The number of carbonyl (C=O) groups is 2. The third-order valence-corrected chi connectivity index (χ3v) is 4.27. The van der Waals surface area contributed by atoms with Gasteiger partial charge in [0.25, 0.3) is 0 Å². The maximum absolute atomic E-state index is 12.0. The standard InChI is InChI=1S/C13H22N2O3/c1-14(2)10-5-3-4-6-11(10)15-8-9(13(17)18)7-12(15)16/h9-11H,3-8H2,1-2H3,(H,17,18)/t9?,10-,11-/m0/s1. The third kappa shape index (κ3) is 2.51. The molecule has 1 N–H and O–H groups in total. The van der Waals surface area contributed by atoms with E-state index < -0.39 is 11.9 Å². The second-order valence-electron chi connectivity index (χ2n) is 5.67. The van der Waals surface area contributed by atoms with Crippen molar-refractivity contribution in [3.8, 4) is 0 Å². The fraction of sp³-hybridized carbons (Fsp3) is 0.846. The van der Waals surface area contributed by atoms with Crippen LogP contribution >= 0.6 is 0 Å². The number of amides is 1. The molecule has 0 bridgehead atoms. The number of rotatable bonds is 3. The van der Waals surface area contributed by atoms with E-state index in [1.165, 1.54) is 6.42 Å². The van der Waals surface area contributed by atoms with Gasteiger partial charge in [0.15, 0.2) is 0 Å². The zero-order valence-electron chi connectivity index (χ0n) is 11.1. The van der Waals surface area contributed by atoms with Crippen LogP contribution in [-0.2, 0) is 9.59 Å². The predicted molar refractivity (Wildman–Crippen MR) is 67.2 cm³/mol. The van der Waals surface area contributed by atoms with Gasteiger partial charge < -0.3 is 14.9 Å². The summed E-state index contributed by atoms with van der Waals surface area (Å²) < 4.78 is 0. The number of carboxylic acid groups (broad SMARTS) is 1. The topological polar surface area (TPSA) is 60.9 Å². The number of nitrogens with zero attached hydrogens (tertiary/aromatic N) is 2. The molecule has 1 saturated heterocycles. The van der Waals surface area contributed by atoms with Crippen molar-refractivity contribution >= 4 is 11.9 Å². The summed E-state index contributed by atoms with van der Waals surface area (Å²) in [6.45, 7) is 0.392. The van der Waals surface area contributed by atoms with Crippen molar-refractivity contribution in [1.82, 2.24) is 9.80 Å². The highest BCUT2D eigenvalue weighted by Gasteiger charge is 2.41. The van der Waals surface area contributed by atoms with Crippen LogP contribution in [-0.4, -0.2) is 59.5 Å². The number of hydrogen-bond donors (Lipinski definition) is 1. The maximum atomic E-state index is 12.0. The summed E-state index contributed by atoms with van der Waals surface area (Å²) in [5.74, 6) is -1.34. The molecule has 0 aromatic rings. The van der Waals surface area contributed by atoms with Gasteiger partial charge in [0.1, 0.15) is 0 Å². The van der Waals surface area contributed by atoms with E-state index in [-0.39, 0.29) is 18.4 Å². The van der Waals surface area contributed by atoms with Crippen LogP contribution in [0.5, 0.6) is 0 Å². The molecule has 0 radical (unpaired) electrons. The molecule has 18 heavy (non-hydrogen) atoms. The van der Waals surface area contributed by atoms with Crippen LogP contribution < -0.4 is 0 Å². The summed E-state index contributed by atoms with van der Waals surface area (Å²) in [4.78, 5) is 27.0. The molecule has 1 aliphatic carbocycles. The Kier molecular flexibility index (Phi) is 3.90. The lowest BCUT2D eigenvalue weighted by atomic mass is 9.88. The van der Waals surface area contributed by atoms with E-state index in [0.29, 0.717) is 12.6 Å². The summed E-state index contributed by atoms with van der Waals surface area (Å²) in [7, 11) is 4.08. The van der Waals surface area contributed by atoms with E-state index in [2.05, 4.69) is 4.90 Å². The molecule has 0 spiro atoms. The largest absolute Gasteiger partial charge is 0.481 e. The van der Waals surface area contributed by atoms with Gasteiger partial charge in [0, 0.05) is 25.0 Å². The van der Waals surface area contributed by atoms with Gasteiger partial charge in [-0.15, -0.1) is 0 Å². The first-order valence-corrected chi connectivity index (χ1v) is 6.69. The Bertz CT molecular complexity index is 343. The first-order valence-electron chi connectivity index (χ1n) is 6.69. The summed E-state index contributed by atoms with van der Waals surface area (Å²) in [5.41, 5.74) is 0. The Balaban J connectivity index is 2.09. The molecule has 1 aliphatic heterocycles. The highest BCUT2D eigenvalue weighted by Crippen LogP contribution is 2.30. The lowest BCUT2D eigenvalue weighted by molar-refractivity contribution is -0.141. The molecule has 2 rings (SSSR count). The normalized spacial score (nSPS) is 33.2. The van der Waals surface area contributed by atoms with Crippen LogP contribution in [0.1, 0.15) is 32.1 Å². The van der Waals surface area contributed by atoms with Crippen molar-refractivity contribution in [1.29, 1.82) is 0 Å². The Hall–Kier alpha value is -1.10. The molecule has 102 valence electrons. The average Bonchev–Trinajstić information content (AvgIpc) is 2.71. The molecular formula is C13H22N2O3. The number of aliphatic carboxylic acids is 1. The minimum absolute atomic E-state index is 0.0150. The van der Waals surface area contributed by atoms with Crippen molar-refractivity contribution in [2.45, 2.75) is 44.2 Å². The monoisotopic (exact) mass is 254 g/mol. The third-order valence-electron chi connectivity index (χ3n) is 4.27. The number of hydrogen-bond acceptors (Lipinski definition) is 3. The Morgan fingerprint density at radius 2 is 2.00 bits per heavy atom. The highest BCUT2D eigenvalue weighted by atomic mass is 16.4. The summed E-state index contributed by atoms with van der Waals surface area (Å²) in [6.07, 6.45) is 4.60. The van der Waals surface area contributed by atoms with E-state index in [0.717, 1.165) is 19.3 Å². The Labute approximate surface area is 108 Å². The number of likely N-dealkylation sites (N-methyl/N-ethyl adjacent to an activating group) is 1. The molecule has 2 fully saturated rings. The van der Waals surface area contributed by atoms with Crippen molar-refractivity contribution in [3.05, 3.63) is 0 Å². The lowest BCUT2D eigenvalue weighted by Gasteiger charge is -2.41. The van der Waals surface area contributed by atoms with Gasteiger partial charge in [-0.05, 0) is 26.9 Å². The van der Waals surface area contributed by atoms with Crippen LogP contribution in [0.4, 0.5) is 0 Å². The van der Waals surface area contributed by atoms with E-state index in [4.69, 9.17) is 5.11 Å². The molecule has 5 heteroatoms. The smallest absolute Gasteiger partial charge is 0.308 e. The quantitative estimate of drug-likeness (QED) is 0.809. The van der Waals surface area contributed by atoms with Crippen LogP contribution in [0.3, 0.4) is 0 Å². The molecule has 1 amide bonds. The van der Waals surface area contributed by atoms with Gasteiger partial charge in [0.2, 0.25) is 5.91 Å². The van der Waals surface area contributed by atoms with Crippen LogP contribution in [0.2, 0.25) is 0 Å². The zero-order chi connectivity index (χ0) is 13.3. The fourth-order valence-corrected chi connectivity index (χ4v) is 3.28. The van der Waals surface area contributed by atoms with Crippen molar-refractivity contribution in [2.75, 3.05) is 20.6 Å². The second kappa shape index (κ2) is 5.26. The van der Waals surface area contributed by atoms with Crippen molar-refractivity contribution in [3.63, 3.8) is 0 Å². The first kappa shape index (κ1) is 13.3. The SMILES string of the molecule is CN(C)[C@H]1CCCC[C@@H]1N1CC(C(=O)O)CC1=O. The molecular weight excluding hydrogens is 232 g/mol. The molecule has 1 heterocycles. The maximum Gasteiger partial charge on any atom is 0.308 e. The second-order valence-corrected chi connectivity index (χ2v) is 5.67. The van der Waals surface area contributed by atoms with Gasteiger partial charge in [0.05, 0.1) is 5.92 Å². The molecule has 0 aromatic carbocycles. The predicted octanol–water partition coefficient (Wildman–Crippen LogP) is 0.792. The van der Waals surface area contributed by atoms with Crippen LogP contribution in [0.25, 0.3) is 0 Å². The molecule has 2 aliphatic rings. The number of carbonyl (C=O) groups excluding carboxylic acids is 1. The van der Waals surface area contributed by atoms with E-state index in [1.54, 1.807) is 0 Å². The van der Waals surface area contributed by atoms with Gasteiger partial charge >= 0.3 is 5.97 Å². The molecule has 3 atom stereocenters. The summed E-state index contributed by atoms with van der Waals surface area (Å²) in [5, 5.41) is 9.03. The van der Waals surface area contributed by atoms with Crippen LogP contribution in [0.15, 0.2) is 0 Å². The fourth-order valence-electron chi connectivity index (χ4n) is 3.28. The van der Waals surface area contributed by atoms with E-state index in [9.17, 15) is 9.59 Å². The van der Waals surface area contributed by atoms with Gasteiger partial charge in [-0.25, -0.2) is 0 Å². The average molecular weight is 254 g/mol. The number of carboxylic acids is 1. The molecule has 5 nitrogen and oxygen atoms in total. The Morgan fingerprint density at radius 1 is 1.33 bits per heavy atom. The van der Waals surface area contributed by atoms with E-state index in [1.807, 2.05) is 19.0 Å². The summed E-state index contributed by atoms with van der Waals surface area (Å²) in [6, 6.07) is 0.570. The first-order chi connectivity index (χ1) is 8.50. The van der Waals surface area contributed by atoms with Gasteiger partial charge in [-0.1, -0.05) is 12.8 Å². The lowest BCUT2D eigenvalue weighted by Crippen LogP contribution is -2.51. The number of likely N-dealkylation sites (tertiary alicyclic amines) is 1. The minimum Gasteiger partial charge on any atom is -0.481 e. The van der Waals surface area contributed by atoms with E-state index >= 15 is 0 Å². The van der Waals surface area contributed by atoms with Gasteiger partial charge in [-0.2, -0.15) is 0 Å². The Morgan fingerprint density at radius 3 is 2.56 bits per heavy atom. The summed E-state index contributed by atoms with van der Waals surface area (Å²) >= 11 is 0. The molecule has 0 aromatic heterocycles. The van der Waals surface area contributed by atoms with Crippen LogP contribution in [0, 0.1) is 5.92 Å². The van der Waals surface area contributed by atoms with Crippen molar-refractivity contribution < 1.29 is 14.7 Å². The zero-order valence-corrected chi connectivity index (χ0v) is 11.1. The minimum atomic E-state index is -0.844. The molecule has 1 unspecified atom stereocenters. The van der Waals surface area contributed by atoms with Gasteiger partial charge in [-0.3, -0.25) is 9.59 Å². The molecule has 1 saturated carbocycles. The highest BCUT2D eigenvalue weighted by molar-refractivity contribution is 5.86. The van der Waals surface area contributed by atoms with Crippen molar-refractivity contribution in [2.24, 2.45) is 5.92 Å².